The Bertz CT molecular complexity index is 570. The lowest BCUT2D eigenvalue weighted by molar-refractivity contribution is 0.196. The second kappa shape index (κ2) is 6.88. The van der Waals surface area contributed by atoms with Crippen molar-refractivity contribution in [2.75, 3.05) is 13.2 Å². The highest BCUT2D eigenvalue weighted by Crippen LogP contribution is 2.28. The third-order valence-electron chi connectivity index (χ3n) is 4.30. The maximum atomic E-state index is 10.0. The highest BCUT2D eigenvalue weighted by atomic mass is 16.3. The van der Waals surface area contributed by atoms with Gasteiger partial charge < -0.3 is 10.8 Å². The molecule has 0 aliphatic rings. The molecule has 1 atom stereocenters. The second-order valence-electron chi connectivity index (χ2n) is 5.86. The number of hydrogen-bond donors (Lipinski definition) is 2. The molecule has 0 aromatic heterocycles. The number of rotatable bonds is 6. The number of benzene rings is 2. The zero-order chi connectivity index (χ0) is 15.3. The van der Waals surface area contributed by atoms with Crippen molar-refractivity contribution in [3.05, 3.63) is 70.8 Å². The summed E-state index contributed by atoms with van der Waals surface area (Å²) >= 11 is 0. The van der Waals surface area contributed by atoms with Gasteiger partial charge in [-0.15, -0.1) is 0 Å². The molecule has 0 saturated carbocycles. The Hall–Kier alpha value is -1.64. The minimum absolute atomic E-state index is 0.0580. The van der Waals surface area contributed by atoms with E-state index >= 15 is 0 Å². The molecular formula is C19H25NO. The van der Waals surface area contributed by atoms with Gasteiger partial charge >= 0.3 is 0 Å². The molecule has 2 rings (SSSR count). The fourth-order valence-corrected chi connectivity index (χ4v) is 2.76. The van der Waals surface area contributed by atoms with Gasteiger partial charge in [0, 0.05) is 12.0 Å². The van der Waals surface area contributed by atoms with Crippen LogP contribution in [0, 0.1) is 6.92 Å². The van der Waals surface area contributed by atoms with E-state index in [4.69, 9.17) is 5.73 Å². The SMILES string of the molecule is CCc1ccc(CC(CN)(CO)c2cccc(C)c2)cc1. The van der Waals surface area contributed by atoms with Crippen molar-refractivity contribution in [2.45, 2.75) is 32.1 Å². The van der Waals surface area contributed by atoms with Gasteiger partial charge in [-0.1, -0.05) is 61.0 Å². The molecule has 3 N–H and O–H groups in total. The minimum atomic E-state index is -0.403. The van der Waals surface area contributed by atoms with Crippen molar-refractivity contribution in [1.29, 1.82) is 0 Å². The van der Waals surface area contributed by atoms with Crippen LogP contribution < -0.4 is 5.73 Å². The Kier molecular flexibility index (Phi) is 5.16. The van der Waals surface area contributed by atoms with Crippen molar-refractivity contribution in [3.8, 4) is 0 Å². The first-order chi connectivity index (χ1) is 10.1. The molecule has 2 nitrogen and oxygen atoms in total. The van der Waals surface area contributed by atoms with E-state index < -0.39 is 5.41 Å². The van der Waals surface area contributed by atoms with Crippen LogP contribution in [0.2, 0.25) is 0 Å². The summed E-state index contributed by atoms with van der Waals surface area (Å²) in [7, 11) is 0. The van der Waals surface area contributed by atoms with E-state index in [-0.39, 0.29) is 6.61 Å². The zero-order valence-electron chi connectivity index (χ0n) is 13.0. The van der Waals surface area contributed by atoms with Gasteiger partial charge in [-0.25, -0.2) is 0 Å². The van der Waals surface area contributed by atoms with Gasteiger partial charge in [0.2, 0.25) is 0 Å². The number of aryl methyl sites for hydroxylation is 2. The number of aliphatic hydroxyl groups is 1. The van der Waals surface area contributed by atoms with Crippen LogP contribution in [0.1, 0.15) is 29.2 Å². The van der Waals surface area contributed by atoms with Crippen LogP contribution in [0.5, 0.6) is 0 Å². The summed E-state index contributed by atoms with van der Waals surface area (Å²) in [5.41, 5.74) is 10.5. The Morgan fingerprint density at radius 2 is 1.71 bits per heavy atom. The lowest BCUT2D eigenvalue weighted by atomic mass is 9.75. The van der Waals surface area contributed by atoms with E-state index in [0.717, 1.165) is 18.4 Å². The summed E-state index contributed by atoms with van der Waals surface area (Å²) in [6, 6.07) is 16.9. The van der Waals surface area contributed by atoms with E-state index in [9.17, 15) is 5.11 Å². The third kappa shape index (κ3) is 3.52. The lowest BCUT2D eigenvalue weighted by Crippen LogP contribution is -2.41. The van der Waals surface area contributed by atoms with Crippen LogP contribution in [-0.4, -0.2) is 18.3 Å². The van der Waals surface area contributed by atoms with Crippen molar-refractivity contribution >= 4 is 0 Å². The minimum Gasteiger partial charge on any atom is -0.395 e. The normalized spacial score (nSPS) is 13.9. The van der Waals surface area contributed by atoms with Gasteiger partial charge in [-0.05, 0) is 36.5 Å². The first kappa shape index (κ1) is 15.7. The third-order valence-corrected chi connectivity index (χ3v) is 4.30. The molecule has 0 radical (unpaired) electrons. The van der Waals surface area contributed by atoms with E-state index in [1.165, 1.54) is 16.7 Å². The monoisotopic (exact) mass is 283 g/mol. The van der Waals surface area contributed by atoms with E-state index in [1.54, 1.807) is 0 Å². The van der Waals surface area contributed by atoms with Crippen LogP contribution in [0.25, 0.3) is 0 Å². The first-order valence-corrected chi connectivity index (χ1v) is 7.59. The van der Waals surface area contributed by atoms with Gasteiger partial charge in [0.1, 0.15) is 0 Å². The molecule has 2 aromatic rings. The van der Waals surface area contributed by atoms with Crippen molar-refractivity contribution in [1.82, 2.24) is 0 Å². The molecule has 0 spiro atoms. The molecule has 0 aliphatic carbocycles. The van der Waals surface area contributed by atoms with Crippen LogP contribution >= 0.6 is 0 Å². The standard InChI is InChI=1S/C19H25NO/c1-3-16-7-9-17(10-8-16)12-19(13-20,14-21)18-6-4-5-15(2)11-18/h4-11,21H,3,12-14,20H2,1-2H3. The van der Waals surface area contributed by atoms with Crippen LogP contribution in [-0.2, 0) is 18.3 Å². The lowest BCUT2D eigenvalue weighted by Gasteiger charge is -2.31. The van der Waals surface area contributed by atoms with Gasteiger partial charge in [0.15, 0.2) is 0 Å². The second-order valence-corrected chi connectivity index (χ2v) is 5.86. The predicted molar refractivity (Wildman–Crippen MR) is 88.5 cm³/mol. The first-order valence-electron chi connectivity index (χ1n) is 7.59. The molecule has 0 bridgehead atoms. The van der Waals surface area contributed by atoms with E-state index in [1.807, 2.05) is 6.07 Å². The Balaban J connectivity index is 2.33. The highest BCUT2D eigenvalue weighted by Gasteiger charge is 2.30. The molecule has 0 fully saturated rings. The summed E-state index contributed by atoms with van der Waals surface area (Å²) in [6.07, 6.45) is 1.80. The summed E-state index contributed by atoms with van der Waals surface area (Å²) in [4.78, 5) is 0. The van der Waals surface area contributed by atoms with Crippen LogP contribution in [0.4, 0.5) is 0 Å². The van der Waals surface area contributed by atoms with E-state index in [0.29, 0.717) is 6.54 Å². The molecule has 112 valence electrons. The summed E-state index contributed by atoms with van der Waals surface area (Å²) in [6.45, 7) is 4.71. The maximum Gasteiger partial charge on any atom is 0.0543 e. The van der Waals surface area contributed by atoms with Gasteiger partial charge in [-0.3, -0.25) is 0 Å². The quantitative estimate of drug-likeness (QED) is 0.856. The maximum absolute atomic E-state index is 10.0. The van der Waals surface area contributed by atoms with E-state index in [2.05, 4.69) is 56.3 Å². The average molecular weight is 283 g/mol. The van der Waals surface area contributed by atoms with Gasteiger partial charge in [0.25, 0.3) is 0 Å². The molecule has 0 heterocycles. The average Bonchev–Trinajstić information content (AvgIpc) is 2.53. The Labute approximate surface area is 127 Å². The smallest absolute Gasteiger partial charge is 0.0543 e. The fourth-order valence-electron chi connectivity index (χ4n) is 2.76. The van der Waals surface area contributed by atoms with Gasteiger partial charge in [-0.2, -0.15) is 0 Å². The molecular weight excluding hydrogens is 258 g/mol. The number of hydrogen-bond acceptors (Lipinski definition) is 2. The number of aliphatic hydroxyl groups excluding tert-OH is 1. The van der Waals surface area contributed by atoms with Gasteiger partial charge in [0.05, 0.1) is 6.61 Å². The Morgan fingerprint density at radius 1 is 1.05 bits per heavy atom. The largest absolute Gasteiger partial charge is 0.395 e. The van der Waals surface area contributed by atoms with Crippen LogP contribution in [0.3, 0.4) is 0 Å². The summed E-state index contributed by atoms with van der Waals surface area (Å²) < 4.78 is 0. The van der Waals surface area contributed by atoms with Crippen molar-refractivity contribution < 1.29 is 5.11 Å². The molecule has 1 unspecified atom stereocenters. The topological polar surface area (TPSA) is 46.2 Å². The molecule has 0 saturated heterocycles. The van der Waals surface area contributed by atoms with Crippen molar-refractivity contribution in [3.63, 3.8) is 0 Å². The summed E-state index contributed by atoms with van der Waals surface area (Å²) in [5, 5.41) is 10.0. The fraction of sp³-hybridized carbons (Fsp3) is 0.368. The number of nitrogens with two attached hydrogens (primary N) is 1. The highest BCUT2D eigenvalue weighted by molar-refractivity contribution is 5.34. The molecule has 2 aromatic carbocycles. The van der Waals surface area contributed by atoms with Crippen molar-refractivity contribution in [2.24, 2.45) is 5.73 Å². The molecule has 21 heavy (non-hydrogen) atoms. The molecule has 2 heteroatoms. The molecule has 0 aliphatic heterocycles. The zero-order valence-corrected chi connectivity index (χ0v) is 13.0. The molecule has 0 amide bonds. The van der Waals surface area contributed by atoms with Crippen LogP contribution in [0.15, 0.2) is 48.5 Å². The summed E-state index contributed by atoms with van der Waals surface area (Å²) in [5.74, 6) is 0. The Morgan fingerprint density at radius 3 is 2.24 bits per heavy atom. The predicted octanol–water partition coefficient (Wildman–Crippen LogP) is 2.99.